The normalized spacial score (nSPS) is 11.3. The maximum Gasteiger partial charge on any atom is 0.322 e. The summed E-state index contributed by atoms with van der Waals surface area (Å²) in [6.45, 7) is 7.10. The van der Waals surface area contributed by atoms with Crippen molar-refractivity contribution < 1.29 is 17.4 Å². The molecule has 0 aliphatic rings. The number of nitrogens with zero attached hydrogens (tertiary/aromatic N) is 1. The molecule has 1 N–H and O–H groups in total. The van der Waals surface area contributed by atoms with Gasteiger partial charge in [0.05, 0.1) is 6.26 Å². The highest BCUT2D eigenvalue weighted by Gasteiger charge is 2.16. The molecule has 0 aliphatic carbocycles. The maximum atomic E-state index is 12.7. The minimum Gasteiger partial charge on any atom is -0.383 e. The van der Waals surface area contributed by atoms with E-state index in [0.717, 1.165) is 23.1 Å². The van der Waals surface area contributed by atoms with Gasteiger partial charge in [0.25, 0.3) is 0 Å². The van der Waals surface area contributed by atoms with Crippen LogP contribution in [0.15, 0.2) is 48.5 Å². The average molecular weight is 391 g/mol. The number of aryl methyl sites for hydroxylation is 1. The van der Waals surface area contributed by atoms with Crippen molar-refractivity contribution in [3.8, 4) is 5.75 Å². The second-order valence-corrected chi connectivity index (χ2v) is 8.58. The predicted molar refractivity (Wildman–Crippen MR) is 107 cm³/mol. The minimum absolute atomic E-state index is 0.177. The molecule has 2 aromatic rings. The molecule has 7 heteroatoms. The second kappa shape index (κ2) is 8.90. The first-order chi connectivity index (χ1) is 12.6. The highest BCUT2D eigenvalue weighted by molar-refractivity contribution is 7.86. The van der Waals surface area contributed by atoms with Crippen molar-refractivity contribution in [1.29, 1.82) is 0 Å². The summed E-state index contributed by atoms with van der Waals surface area (Å²) in [4.78, 5) is 14.4. The van der Waals surface area contributed by atoms with Gasteiger partial charge >= 0.3 is 16.1 Å². The largest absolute Gasteiger partial charge is 0.383 e. The van der Waals surface area contributed by atoms with Gasteiger partial charge in [-0.2, -0.15) is 8.42 Å². The Balaban J connectivity index is 2.09. The Morgan fingerprint density at radius 2 is 1.67 bits per heavy atom. The third kappa shape index (κ3) is 7.30. The fourth-order valence-corrected chi connectivity index (χ4v) is 3.01. The smallest absolute Gasteiger partial charge is 0.322 e. The van der Waals surface area contributed by atoms with Crippen LogP contribution in [-0.2, 0) is 16.7 Å². The van der Waals surface area contributed by atoms with Crippen molar-refractivity contribution in [3.05, 3.63) is 59.7 Å². The van der Waals surface area contributed by atoms with E-state index in [0.29, 0.717) is 19.0 Å². The van der Waals surface area contributed by atoms with Gasteiger partial charge in [-0.05, 0) is 42.7 Å². The van der Waals surface area contributed by atoms with Crippen LogP contribution in [0.5, 0.6) is 5.75 Å². The van der Waals surface area contributed by atoms with Crippen LogP contribution in [0.3, 0.4) is 0 Å². The highest BCUT2D eigenvalue weighted by atomic mass is 32.2. The van der Waals surface area contributed by atoms with Crippen LogP contribution >= 0.6 is 0 Å². The highest BCUT2D eigenvalue weighted by Crippen LogP contribution is 2.17. The summed E-state index contributed by atoms with van der Waals surface area (Å²) in [6.07, 6.45) is 1.00. The van der Waals surface area contributed by atoms with E-state index in [4.69, 9.17) is 4.18 Å². The zero-order valence-corrected chi connectivity index (χ0v) is 16.9. The maximum absolute atomic E-state index is 12.7. The van der Waals surface area contributed by atoms with Crippen molar-refractivity contribution in [2.75, 3.05) is 18.1 Å². The molecule has 0 bridgehead atoms. The summed E-state index contributed by atoms with van der Waals surface area (Å²) < 4.78 is 27.2. The van der Waals surface area contributed by atoms with Gasteiger partial charge in [-0.15, -0.1) is 0 Å². The van der Waals surface area contributed by atoms with E-state index >= 15 is 0 Å². The first-order valence-corrected chi connectivity index (χ1v) is 10.5. The van der Waals surface area contributed by atoms with Crippen molar-refractivity contribution in [3.63, 3.8) is 0 Å². The Kier molecular flexibility index (Phi) is 6.85. The van der Waals surface area contributed by atoms with Gasteiger partial charge in [0.15, 0.2) is 0 Å². The van der Waals surface area contributed by atoms with E-state index < -0.39 is 10.1 Å². The number of amides is 2. The van der Waals surface area contributed by atoms with Crippen molar-refractivity contribution in [1.82, 2.24) is 4.90 Å². The second-order valence-electron chi connectivity index (χ2n) is 7.00. The van der Waals surface area contributed by atoms with Crippen molar-refractivity contribution in [2.45, 2.75) is 27.3 Å². The lowest BCUT2D eigenvalue weighted by atomic mass is 10.1. The van der Waals surface area contributed by atoms with E-state index in [2.05, 4.69) is 19.2 Å². The molecule has 0 aromatic heterocycles. The van der Waals surface area contributed by atoms with E-state index in [9.17, 15) is 13.2 Å². The summed E-state index contributed by atoms with van der Waals surface area (Å²) in [6, 6.07) is 14.1. The molecule has 6 nitrogen and oxygen atoms in total. The average Bonchev–Trinajstić information content (AvgIpc) is 2.56. The molecule has 0 spiro atoms. The fourth-order valence-electron chi connectivity index (χ4n) is 2.55. The van der Waals surface area contributed by atoms with Crippen LogP contribution in [0.1, 0.15) is 25.0 Å². The van der Waals surface area contributed by atoms with Crippen molar-refractivity contribution in [2.24, 2.45) is 5.92 Å². The zero-order chi connectivity index (χ0) is 20.0. The molecule has 0 atom stereocenters. The number of nitrogens with one attached hydrogen (secondary N) is 1. The summed E-state index contributed by atoms with van der Waals surface area (Å²) in [5.41, 5.74) is 2.76. The minimum atomic E-state index is -3.55. The van der Waals surface area contributed by atoms with E-state index in [1.165, 1.54) is 0 Å². The summed E-state index contributed by atoms with van der Waals surface area (Å²) in [5.74, 6) is 0.558. The number of hydrogen-bond acceptors (Lipinski definition) is 4. The van der Waals surface area contributed by atoms with Gasteiger partial charge in [-0.1, -0.05) is 43.7 Å². The van der Waals surface area contributed by atoms with Crippen molar-refractivity contribution >= 4 is 21.8 Å². The quantitative estimate of drug-likeness (QED) is 0.725. The molecular formula is C20H26N2O4S. The Hall–Kier alpha value is -2.54. The zero-order valence-electron chi connectivity index (χ0n) is 16.1. The summed E-state index contributed by atoms with van der Waals surface area (Å²) in [5, 5.41) is 2.92. The van der Waals surface area contributed by atoms with Gasteiger partial charge in [0.1, 0.15) is 5.75 Å². The lowest BCUT2D eigenvalue weighted by Gasteiger charge is -2.25. The Morgan fingerprint density at radius 1 is 1.07 bits per heavy atom. The molecule has 0 saturated carbocycles. The Labute approximate surface area is 161 Å². The molecule has 27 heavy (non-hydrogen) atoms. The molecule has 0 heterocycles. The first kappa shape index (κ1) is 20.8. The van der Waals surface area contributed by atoms with Gasteiger partial charge in [-0.25, -0.2) is 4.79 Å². The van der Waals surface area contributed by atoms with E-state index in [1.807, 2.05) is 31.2 Å². The molecule has 0 unspecified atom stereocenters. The predicted octanol–water partition coefficient (Wildman–Crippen LogP) is 4.02. The lowest BCUT2D eigenvalue weighted by Crippen LogP contribution is -2.37. The first-order valence-electron chi connectivity index (χ1n) is 8.73. The Bertz CT molecular complexity index is 860. The lowest BCUT2D eigenvalue weighted by molar-refractivity contribution is 0.201. The molecular weight excluding hydrogens is 364 g/mol. The number of benzene rings is 2. The summed E-state index contributed by atoms with van der Waals surface area (Å²) in [7, 11) is -3.55. The van der Waals surface area contributed by atoms with Crippen LogP contribution in [0.4, 0.5) is 10.5 Å². The number of hydrogen-bond donors (Lipinski definition) is 1. The third-order valence-corrected chi connectivity index (χ3v) is 4.22. The monoisotopic (exact) mass is 390 g/mol. The van der Waals surface area contributed by atoms with Crippen LogP contribution < -0.4 is 9.50 Å². The molecule has 146 valence electrons. The van der Waals surface area contributed by atoms with Crippen LogP contribution in [0.2, 0.25) is 0 Å². The molecule has 0 saturated heterocycles. The fraction of sp³-hybridized carbons (Fsp3) is 0.350. The van der Waals surface area contributed by atoms with Gasteiger partial charge in [0.2, 0.25) is 0 Å². The molecule has 2 amide bonds. The van der Waals surface area contributed by atoms with Crippen LogP contribution in [-0.4, -0.2) is 32.1 Å². The molecule has 2 aromatic carbocycles. The molecule has 2 rings (SSSR count). The SMILES string of the molecule is Cc1ccc(NC(=O)N(Cc2ccc(OS(C)(=O)=O)cc2)CC(C)C)cc1. The number of anilines is 1. The van der Waals surface area contributed by atoms with Gasteiger partial charge in [-0.3, -0.25) is 0 Å². The topological polar surface area (TPSA) is 75.7 Å². The van der Waals surface area contributed by atoms with Gasteiger partial charge < -0.3 is 14.4 Å². The standard InChI is InChI=1S/C20H26N2O4S/c1-15(2)13-22(20(23)21-18-9-5-16(3)6-10-18)14-17-7-11-19(12-8-17)26-27(4,24)25/h5-12,15H,13-14H2,1-4H3,(H,21,23). The van der Waals surface area contributed by atoms with E-state index in [1.54, 1.807) is 29.2 Å². The third-order valence-electron chi connectivity index (χ3n) is 3.72. The van der Waals surface area contributed by atoms with Crippen LogP contribution in [0, 0.1) is 12.8 Å². The molecule has 0 radical (unpaired) electrons. The van der Waals surface area contributed by atoms with Crippen LogP contribution in [0.25, 0.3) is 0 Å². The summed E-state index contributed by atoms with van der Waals surface area (Å²) >= 11 is 0. The number of carbonyl (C=O) groups is 1. The molecule has 0 aliphatic heterocycles. The number of urea groups is 1. The van der Waals surface area contributed by atoms with Gasteiger partial charge in [0, 0.05) is 18.8 Å². The van der Waals surface area contributed by atoms with E-state index in [-0.39, 0.29) is 11.8 Å². The number of carbonyl (C=O) groups excluding carboxylic acids is 1. The molecule has 0 fully saturated rings. The Morgan fingerprint density at radius 3 is 2.19 bits per heavy atom. The number of rotatable bonds is 7.